The van der Waals surface area contributed by atoms with E-state index in [0.717, 1.165) is 0 Å². The van der Waals surface area contributed by atoms with E-state index in [0.29, 0.717) is 19.3 Å². The van der Waals surface area contributed by atoms with Gasteiger partial charge in [0, 0.05) is 0 Å². The summed E-state index contributed by atoms with van der Waals surface area (Å²) in [6.07, 6.45) is 2.88. The molecule has 0 unspecified atom stereocenters. The Balaban J connectivity index is 1.71. The van der Waals surface area contributed by atoms with Gasteiger partial charge in [-0.05, 0) is 12.8 Å². The van der Waals surface area contributed by atoms with Gasteiger partial charge in [0.15, 0.2) is 0 Å². The second-order valence-corrected chi connectivity index (χ2v) is 2.11. The normalized spacial score (nSPS) is 18.3. The lowest BCUT2D eigenvalue weighted by Crippen LogP contribution is -2.05. The Morgan fingerprint density at radius 1 is 1.33 bits per heavy atom. The number of hydrogen-bond acceptors (Lipinski definition) is 3. The highest BCUT2D eigenvalue weighted by Gasteiger charge is 2.21. The molecule has 3 heteroatoms. The van der Waals surface area contributed by atoms with Crippen LogP contribution >= 0.6 is 0 Å². The van der Waals surface area contributed by atoms with E-state index in [1.165, 1.54) is 12.8 Å². The SMILES string of the molecule is OCOCCOC1CC1. The topological polar surface area (TPSA) is 38.7 Å². The lowest BCUT2D eigenvalue weighted by Gasteiger charge is -1.99. The van der Waals surface area contributed by atoms with Crippen LogP contribution in [0.25, 0.3) is 0 Å². The Kier molecular flexibility index (Phi) is 2.97. The van der Waals surface area contributed by atoms with E-state index in [-0.39, 0.29) is 6.79 Å². The van der Waals surface area contributed by atoms with E-state index in [2.05, 4.69) is 4.74 Å². The summed E-state index contributed by atoms with van der Waals surface area (Å²) in [6, 6.07) is 0. The molecule has 54 valence electrons. The minimum Gasteiger partial charge on any atom is -0.376 e. The zero-order chi connectivity index (χ0) is 6.53. The maximum absolute atomic E-state index is 8.17. The van der Waals surface area contributed by atoms with Crippen LogP contribution in [0.3, 0.4) is 0 Å². The Morgan fingerprint density at radius 3 is 2.67 bits per heavy atom. The van der Waals surface area contributed by atoms with Crippen LogP contribution in [0.4, 0.5) is 0 Å². The van der Waals surface area contributed by atoms with Crippen molar-refractivity contribution >= 4 is 0 Å². The van der Waals surface area contributed by atoms with Gasteiger partial charge in [-0.1, -0.05) is 0 Å². The molecular weight excluding hydrogens is 120 g/mol. The van der Waals surface area contributed by atoms with Crippen LogP contribution in [0.1, 0.15) is 12.8 Å². The summed E-state index contributed by atoms with van der Waals surface area (Å²) in [6.45, 7) is 0.923. The fourth-order valence-corrected chi connectivity index (χ4v) is 0.573. The molecule has 1 fully saturated rings. The minimum atomic E-state index is -0.200. The largest absolute Gasteiger partial charge is 0.376 e. The summed E-state index contributed by atoms with van der Waals surface area (Å²) >= 11 is 0. The Bertz CT molecular complexity index is 70.7. The molecule has 0 aromatic carbocycles. The molecule has 1 aliphatic rings. The lowest BCUT2D eigenvalue weighted by atomic mass is 10.7. The summed E-state index contributed by atoms with van der Waals surface area (Å²) in [4.78, 5) is 0. The van der Waals surface area contributed by atoms with Gasteiger partial charge in [0.25, 0.3) is 0 Å². The first-order chi connectivity index (χ1) is 4.43. The Morgan fingerprint density at radius 2 is 2.11 bits per heavy atom. The van der Waals surface area contributed by atoms with Gasteiger partial charge in [0.1, 0.15) is 6.79 Å². The first-order valence-corrected chi connectivity index (χ1v) is 3.23. The maximum atomic E-state index is 8.17. The highest BCUT2D eigenvalue weighted by molar-refractivity contribution is 4.72. The van der Waals surface area contributed by atoms with Crippen LogP contribution in [0.15, 0.2) is 0 Å². The molecule has 9 heavy (non-hydrogen) atoms. The van der Waals surface area contributed by atoms with Crippen LogP contribution < -0.4 is 0 Å². The smallest absolute Gasteiger partial charge is 0.143 e. The number of aliphatic hydroxyl groups is 1. The third-order valence-electron chi connectivity index (χ3n) is 1.20. The first-order valence-electron chi connectivity index (χ1n) is 3.23. The second kappa shape index (κ2) is 3.82. The third-order valence-corrected chi connectivity index (χ3v) is 1.20. The minimum absolute atomic E-state index is 0.200. The molecule has 0 spiro atoms. The van der Waals surface area contributed by atoms with Gasteiger partial charge in [-0.3, -0.25) is 0 Å². The van der Waals surface area contributed by atoms with E-state index in [1.807, 2.05) is 0 Å². The van der Waals surface area contributed by atoms with Crippen molar-refractivity contribution in [2.75, 3.05) is 20.0 Å². The van der Waals surface area contributed by atoms with Gasteiger partial charge in [0.05, 0.1) is 19.3 Å². The van der Waals surface area contributed by atoms with Gasteiger partial charge in [-0.15, -0.1) is 0 Å². The number of rotatable bonds is 5. The molecule has 1 rings (SSSR count). The molecule has 1 N–H and O–H groups in total. The average molecular weight is 132 g/mol. The van der Waals surface area contributed by atoms with Crippen LogP contribution in [0.5, 0.6) is 0 Å². The van der Waals surface area contributed by atoms with Gasteiger partial charge in [-0.25, -0.2) is 0 Å². The van der Waals surface area contributed by atoms with Crippen molar-refractivity contribution in [3.8, 4) is 0 Å². The molecule has 0 atom stereocenters. The lowest BCUT2D eigenvalue weighted by molar-refractivity contribution is -0.0319. The Labute approximate surface area is 54.6 Å². The van der Waals surface area contributed by atoms with Gasteiger partial charge < -0.3 is 14.6 Å². The fraction of sp³-hybridized carbons (Fsp3) is 1.00. The molecular formula is C6H12O3. The zero-order valence-corrected chi connectivity index (χ0v) is 5.38. The highest BCUT2D eigenvalue weighted by Crippen LogP contribution is 2.22. The zero-order valence-electron chi connectivity index (χ0n) is 5.38. The van der Waals surface area contributed by atoms with E-state index in [9.17, 15) is 0 Å². The third kappa shape index (κ3) is 3.46. The molecule has 0 aliphatic heterocycles. The van der Waals surface area contributed by atoms with Crippen molar-refractivity contribution in [2.45, 2.75) is 18.9 Å². The van der Waals surface area contributed by atoms with Crippen molar-refractivity contribution in [1.29, 1.82) is 0 Å². The monoisotopic (exact) mass is 132 g/mol. The second-order valence-electron chi connectivity index (χ2n) is 2.11. The molecule has 3 nitrogen and oxygen atoms in total. The number of hydrogen-bond donors (Lipinski definition) is 1. The van der Waals surface area contributed by atoms with Gasteiger partial charge >= 0.3 is 0 Å². The summed E-state index contributed by atoms with van der Waals surface area (Å²) in [7, 11) is 0. The molecule has 0 heterocycles. The van der Waals surface area contributed by atoms with E-state index in [4.69, 9.17) is 9.84 Å². The summed E-state index contributed by atoms with van der Waals surface area (Å²) in [5.74, 6) is 0. The van der Waals surface area contributed by atoms with E-state index < -0.39 is 0 Å². The summed E-state index contributed by atoms with van der Waals surface area (Å²) in [5, 5.41) is 8.17. The molecule has 0 bridgehead atoms. The summed E-state index contributed by atoms with van der Waals surface area (Å²) in [5.41, 5.74) is 0. The van der Waals surface area contributed by atoms with Crippen LogP contribution in [0.2, 0.25) is 0 Å². The highest BCUT2D eigenvalue weighted by atomic mass is 16.6. The Hall–Kier alpha value is -0.120. The number of ether oxygens (including phenoxy) is 2. The van der Waals surface area contributed by atoms with Crippen LogP contribution in [-0.4, -0.2) is 31.2 Å². The van der Waals surface area contributed by atoms with Crippen LogP contribution in [-0.2, 0) is 9.47 Å². The van der Waals surface area contributed by atoms with Crippen LogP contribution in [0, 0.1) is 0 Å². The number of aliphatic hydroxyl groups excluding tert-OH is 1. The fourth-order valence-electron chi connectivity index (χ4n) is 0.573. The van der Waals surface area contributed by atoms with Crippen molar-refractivity contribution in [3.63, 3.8) is 0 Å². The molecule has 0 radical (unpaired) electrons. The van der Waals surface area contributed by atoms with Crippen molar-refractivity contribution in [1.82, 2.24) is 0 Å². The standard InChI is InChI=1S/C6H12O3/c7-5-8-3-4-9-6-1-2-6/h6-7H,1-5H2. The van der Waals surface area contributed by atoms with E-state index >= 15 is 0 Å². The van der Waals surface area contributed by atoms with Crippen molar-refractivity contribution < 1.29 is 14.6 Å². The van der Waals surface area contributed by atoms with E-state index in [1.54, 1.807) is 0 Å². The van der Waals surface area contributed by atoms with Crippen molar-refractivity contribution in [2.24, 2.45) is 0 Å². The van der Waals surface area contributed by atoms with Crippen molar-refractivity contribution in [3.05, 3.63) is 0 Å². The average Bonchev–Trinajstić information content (AvgIpc) is 2.63. The first kappa shape index (κ1) is 6.99. The predicted octanol–water partition coefficient (Wildman–Crippen LogP) is 0.132. The van der Waals surface area contributed by atoms with Gasteiger partial charge in [0.2, 0.25) is 0 Å². The maximum Gasteiger partial charge on any atom is 0.143 e. The molecule has 0 saturated heterocycles. The molecule has 1 saturated carbocycles. The summed E-state index contributed by atoms with van der Waals surface area (Å²) < 4.78 is 9.86. The molecule has 1 aliphatic carbocycles. The predicted molar refractivity (Wildman–Crippen MR) is 32.0 cm³/mol. The van der Waals surface area contributed by atoms with Gasteiger partial charge in [-0.2, -0.15) is 0 Å². The quantitative estimate of drug-likeness (QED) is 0.427. The molecule has 0 aromatic heterocycles. The molecule has 0 amide bonds. The molecule has 0 aromatic rings.